The first kappa shape index (κ1) is 13.1. The van der Waals surface area contributed by atoms with Crippen molar-refractivity contribution in [2.45, 2.75) is 19.4 Å². The first-order valence-corrected chi connectivity index (χ1v) is 6.44. The lowest BCUT2D eigenvalue weighted by atomic mass is 9.99. The molecule has 0 radical (unpaired) electrons. The van der Waals surface area contributed by atoms with Gasteiger partial charge in [0.25, 0.3) is 0 Å². The Bertz CT molecular complexity index is 347. The van der Waals surface area contributed by atoms with Gasteiger partial charge in [-0.25, -0.2) is 4.79 Å². The zero-order valence-corrected chi connectivity index (χ0v) is 10.9. The normalized spacial score (nSPS) is 30.6. The van der Waals surface area contributed by atoms with Crippen LogP contribution in [0.15, 0.2) is 0 Å². The van der Waals surface area contributed by atoms with E-state index in [1.165, 1.54) is 0 Å². The van der Waals surface area contributed by atoms with Crippen LogP contribution in [0.4, 0.5) is 4.79 Å². The van der Waals surface area contributed by atoms with Gasteiger partial charge in [0.1, 0.15) is 0 Å². The Morgan fingerprint density at radius 1 is 1.56 bits per heavy atom. The number of carbonyl (C=O) groups excluding carboxylic acids is 1. The largest absolute Gasteiger partial charge is 0.481 e. The second-order valence-electron chi connectivity index (χ2n) is 5.51. The molecule has 2 aliphatic rings. The van der Waals surface area contributed by atoms with Crippen molar-refractivity contribution in [3.05, 3.63) is 0 Å². The number of hydrogen-bond donors (Lipinski definition) is 2. The summed E-state index contributed by atoms with van der Waals surface area (Å²) in [7, 11) is 2.08. The molecule has 2 rings (SSSR count). The van der Waals surface area contributed by atoms with E-state index >= 15 is 0 Å². The van der Waals surface area contributed by atoms with Gasteiger partial charge in [0.15, 0.2) is 0 Å². The summed E-state index contributed by atoms with van der Waals surface area (Å²) in [6.45, 7) is 4.64. The second kappa shape index (κ2) is 5.14. The smallest absolute Gasteiger partial charge is 0.317 e. The SMILES string of the molecule is CC(CN1CC(C2CCN(C)C2)NC1=O)C(=O)O. The number of hydrogen-bond acceptors (Lipinski definition) is 3. The third kappa shape index (κ3) is 2.75. The maximum Gasteiger partial charge on any atom is 0.317 e. The Kier molecular flexibility index (Phi) is 3.75. The summed E-state index contributed by atoms with van der Waals surface area (Å²) in [6.07, 6.45) is 1.10. The molecule has 0 aromatic carbocycles. The molecule has 2 fully saturated rings. The van der Waals surface area contributed by atoms with Gasteiger partial charge < -0.3 is 20.2 Å². The van der Waals surface area contributed by atoms with Crippen molar-refractivity contribution in [3.8, 4) is 0 Å². The maximum atomic E-state index is 11.8. The fourth-order valence-electron chi connectivity index (χ4n) is 2.75. The van der Waals surface area contributed by atoms with Crippen molar-refractivity contribution in [1.29, 1.82) is 0 Å². The Morgan fingerprint density at radius 2 is 2.28 bits per heavy atom. The molecule has 3 unspecified atom stereocenters. The fraction of sp³-hybridized carbons (Fsp3) is 0.833. The van der Waals surface area contributed by atoms with E-state index in [2.05, 4.69) is 17.3 Å². The van der Waals surface area contributed by atoms with Crippen molar-refractivity contribution in [2.75, 3.05) is 33.2 Å². The number of nitrogens with one attached hydrogen (secondary N) is 1. The highest BCUT2D eigenvalue weighted by Gasteiger charge is 2.37. The summed E-state index contributed by atoms with van der Waals surface area (Å²) in [6, 6.07) is 0.0473. The zero-order valence-electron chi connectivity index (χ0n) is 10.9. The van der Waals surface area contributed by atoms with E-state index in [1.807, 2.05) is 0 Å². The molecule has 6 heteroatoms. The van der Waals surface area contributed by atoms with E-state index in [-0.39, 0.29) is 12.1 Å². The summed E-state index contributed by atoms with van der Waals surface area (Å²) < 4.78 is 0. The monoisotopic (exact) mass is 255 g/mol. The van der Waals surface area contributed by atoms with Crippen LogP contribution in [0.3, 0.4) is 0 Å². The highest BCUT2D eigenvalue weighted by molar-refractivity contribution is 5.78. The molecule has 0 aromatic rings. The number of carbonyl (C=O) groups is 2. The van der Waals surface area contributed by atoms with Crippen molar-refractivity contribution < 1.29 is 14.7 Å². The molecule has 18 heavy (non-hydrogen) atoms. The predicted octanol–water partition coefficient (Wildman–Crippen LogP) is 0.0526. The van der Waals surface area contributed by atoms with Gasteiger partial charge in [-0.05, 0) is 25.9 Å². The highest BCUT2D eigenvalue weighted by Crippen LogP contribution is 2.22. The lowest BCUT2D eigenvalue weighted by Gasteiger charge is -2.19. The number of carboxylic acid groups (broad SMARTS) is 1. The van der Waals surface area contributed by atoms with E-state index in [9.17, 15) is 9.59 Å². The summed E-state index contributed by atoms with van der Waals surface area (Å²) in [5.74, 6) is -0.878. The first-order chi connectivity index (χ1) is 8.47. The molecular weight excluding hydrogens is 234 g/mol. The topological polar surface area (TPSA) is 72.9 Å². The summed E-state index contributed by atoms with van der Waals surface area (Å²) in [5.41, 5.74) is 0. The molecule has 0 bridgehead atoms. The second-order valence-corrected chi connectivity index (χ2v) is 5.51. The number of likely N-dealkylation sites (tertiary alicyclic amines) is 1. The minimum absolute atomic E-state index is 0.123. The molecule has 2 amide bonds. The molecular formula is C12H21N3O3. The van der Waals surface area contributed by atoms with Crippen molar-refractivity contribution >= 4 is 12.0 Å². The van der Waals surface area contributed by atoms with Crippen LogP contribution in [0.25, 0.3) is 0 Å². The molecule has 0 aromatic heterocycles. The van der Waals surface area contributed by atoms with Gasteiger partial charge >= 0.3 is 12.0 Å². The van der Waals surface area contributed by atoms with Crippen LogP contribution in [0.1, 0.15) is 13.3 Å². The van der Waals surface area contributed by atoms with Crippen LogP contribution < -0.4 is 5.32 Å². The van der Waals surface area contributed by atoms with Crippen molar-refractivity contribution in [3.63, 3.8) is 0 Å². The van der Waals surface area contributed by atoms with Crippen molar-refractivity contribution in [2.24, 2.45) is 11.8 Å². The van der Waals surface area contributed by atoms with Gasteiger partial charge in [0.2, 0.25) is 0 Å². The number of rotatable bonds is 4. The summed E-state index contributed by atoms with van der Waals surface area (Å²) in [4.78, 5) is 26.5. The van der Waals surface area contributed by atoms with Crippen LogP contribution in [0, 0.1) is 11.8 Å². The minimum atomic E-state index is -0.855. The van der Waals surface area contributed by atoms with Crippen LogP contribution in [-0.4, -0.2) is 66.2 Å². The number of nitrogens with zero attached hydrogens (tertiary/aromatic N) is 2. The molecule has 2 N–H and O–H groups in total. The van der Waals surface area contributed by atoms with Crippen molar-refractivity contribution in [1.82, 2.24) is 15.1 Å². The van der Waals surface area contributed by atoms with E-state index in [1.54, 1.807) is 11.8 Å². The predicted molar refractivity (Wildman–Crippen MR) is 66.3 cm³/mol. The average molecular weight is 255 g/mol. The molecule has 2 saturated heterocycles. The Morgan fingerprint density at radius 3 is 2.83 bits per heavy atom. The van der Waals surface area contributed by atoms with Gasteiger partial charge in [-0.1, -0.05) is 6.92 Å². The summed E-state index contributed by atoms with van der Waals surface area (Å²) in [5, 5.41) is 11.9. The van der Waals surface area contributed by atoms with Crippen LogP contribution in [0.2, 0.25) is 0 Å². The number of urea groups is 1. The molecule has 0 spiro atoms. The molecule has 3 atom stereocenters. The molecule has 2 heterocycles. The molecule has 102 valence electrons. The number of aliphatic carboxylic acids is 1. The van der Waals surface area contributed by atoms with Gasteiger partial charge in [-0.2, -0.15) is 0 Å². The third-order valence-electron chi connectivity index (χ3n) is 3.93. The van der Waals surface area contributed by atoms with Gasteiger partial charge in [-0.3, -0.25) is 4.79 Å². The Labute approximate surface area is 107 Å². The third-order valence-corrected chi connectivity index (χ3v) is 3.93. The van der Waals surface area contributed by atoms with Crippen LogP contribution in [0.5, 0.6) is 0 Å². The number of amides is 2. The lowest BCUT2D eigenvalue weighted by molar-refractivity contribution is -0.141. The highest BCUT2D eigenvalue weighted by atomic mass is 16.4. The van der Waals surface area contributed by atoms with Gasteiger partial charge in [0, 0.05) is 19.6 Å². The molecule has 0 saturated carbocycles. The van der Waals surface area contributed by atoms with E-state index in [0.717, 1.165) is 19.5 Å². The molecule has 6 nitrogen and oxygen atoms in total. The van der Waals surface area contributed by atoms with Gasteiger partial charge in [-0.15, -0.1) is 0 Å². The first-order valence-electron chi connectivity index (χ1n) is 6.44. The average Bonchev–Trinajstić information content (AvgIpc) is 2.86. The van der Waals surface area contributed by atoms with Crippen LogP contribution >= 0.6 is 0 Å². The molecule has 2 aliphatic heterocycles. The molecule has 0 aliphatic carbocycles. The zero-order chi connectivity index (χ0) is 13.3. The van der Waals surface area contributed by atoms with E-state index in [0.29, 0.717) is 19.0 Å². The van der Waals surface area contributed by atoms with E-state index in [4.69, 9.17) is 5.11 Å². The minimum Gasteiger partial charge on any atom is -0.481 e. The lowest BCUT2D eigenvalue weighted by Crippen LogP contribution is -2.35. The quantitative estimate of drug-likeness (QED) is 0.744. The Balaban J connectivity index is 1.88. The Hall–Kier alpha value is -1.30. The van der Waals surface area contributed by atoms with Crippen LogP contribution in [-0.2, 0) is 4.79 Å². The van der Waals surface area contributed by atoms with E-state index < -0.39 is 11.9 Å². The maximum absolute atomic E-state index is 11.8. The fourth-order valence-corrected chi connectivity index (χ4v) is 2.75. The standard InChI is InChI=1S/C12H21N3O3/c1-8(11(16)17)5-15-7-10(13-12(15)18)9-3-4-14(2)6-9/h8-10H,3-7H2,1-2H3,(H,13,18)(H,16,17). The number of carboxylic acids is 1. The summed E-state index contributed by atoms with van der Waals surface area (Å²) >= 11 is 0. The van der Waals surface area contributed by atoms with Gasteiger partial charge in [0.05, 0.1) is 12.0 Å².